The van der Waals surface area contributed by atoms with Gasteiger partial charge in [0.05, 0.1) is 5.02 Å². The Balaban J connectivity index is 2.17. The van der Waals surface area contributed by atoms with Crippen LogP contribution in [-0.4, -0.2) is 4.98 Å². The number of benzene rings is 2. The lowest BCUT2D eigenvalue weighted by Gasteiger charge is -2.20. The average Bonchev–Trinajstić information content (AvgIpc) is 2.52. The number of halogens is 2. The van der Waals surface area contributed by atoms with Gasteiger partial charge in [0.15, 0.2) is 0 Å². The van der Waals surface area contributed by atoms with E-state index in [4.69, 9.17) is 23.2 Å². The molecule has 104 valence electrons. The summed E-state index contributed by atoms with van der Waals surface area (Å²) in [5, 5.41) is 4.58. The van der Waals surface area contributed by atoms with Crippen LogP contribution in [0.3, 0.4) is 0 Å². The van der Waals surface area contributed by atoms with Crippen molar-refractivity contribution in [1.29, 1.82) is 0 Å². The maximum absolute atomic E-state index is 6.42. The Morgan fingerprint density at radius 2 is 1.29 bits per heavy atom. The maximum Gasteiger partial charge on any atom is 0.130 e. The summed E-state index contributed by atoms with van der Waals surface area (Å²) in [4.78, 5) is 4.21. The van der Waals surface area contributed by atoms with Gasteiger partial charge in [0, 0.05) is 11.5 Å². The zero-order valence-corrected chi connectivity index (χ0v) is 13.5. The summed E-state index contributed by atoms with van der Waals surface area (Å²) in [7, 11) is -0.732. The topological polar surface area (TPSA) is 12.9 Å². The second kappa shape index (κ2) is 6.58. The molecule has 0 fully saturated rings. The van der Waals surface area contributed by atoms with Crippen molar-refractivity contribution in [1.82, 2.24) is 4.98 Å². The second-order valence-electron chi connectivity index (χ2n) is 4.46. The van der Waals surface area contributed by atoms with Crippen LogP contribution in [0.15, 0.2) is 72.9 Å². The van der Waals surface area contributed by atoms with Crippen molar-refractivity contribution in [2.45, 2.75) is 0 Å². The van der Waals surface area contributed by atoms with E-state index in [9.17, 15) is 0 Å². The maximum atomic E-state index is 6.42. The van der Waals surface area contributed by atoms with Crippen LogP contribution in [0.2, 0.25) is 10.2 Å². The number of rotatable bonds is 3. The van der Waals surface area contributed by atoms with Crippen molar-refractivity contribution in [3.8, 4) is 0 Å². The van der Waals surface area contributed by atoms with Gasteiger partial charge in [-0.15, -0.1) is 0 Å². The Labute approximate surface area is 135 Å². The quantitative estimate of drug-likeness (QED) is 0.519. The fourth-order valence-corrected chi connectivity index (χ4v) is 5.01. The zero-order valence-electron chi connectivity index (χ0n) is 11.1. The molecule has 3 rings (SSSR count). The SMILES string of the molecule is Clc1cc(Cl)c(P(c2ccccc2)c2ccccc2)cn1. The molecule has 0 bridgehead atoms. The highest BCUT2D eigenvalue weighted by Gasteiger charge is 2.19. The standard InChI is InChI=1S/C17H12Cl2NP/c18-15-11-17(19)20-12-16(15)21(13-7-3-1-4-8-13)14-9-5-2-6-10-14/h1-12H. The van der Waals surface area contributed by atoms with E-state index in [1.165, 1.54) is 10.6 Å². The van der Waals surface area contributed by atoms with E-state index in [0.717, 1.165) is 5.30 Å². The summed E-state index contributed by atoms with van der Waals surface area (Å²) in [6, 6.07) is 22.4. The van der Waals surface area contributed by atoms with E-state index >= 15 is 0 Å². The van der Waals surface area contributed by atoms with Gasteiger partial charge >= 0.3 is 0 Å². The number of hydrogen-bond acceptors (Lipinski definition) is 1. The van der Waals surface area contributed by atoms with E-state index in [1.54, 1.807) is 12.3 Å². The smallest absolute Gasteiger partial charge is 0.130 e. The molecule has 0 N–H and O–H groups in total. The average molecular weight is 332 g/mol. The molecule has 0 atom stereocenters. The minimum absolute atomic E-state index is 0.417. The van der Waals surface area contributed by atoms with Gasteiger partial charge in [-0.25, -0.2) is 4.98 Å². The van der Waals surface area contributed by atoms with Gasteiger partial charge in [0.25, 0.3) is 0 Å². The first kappa shape index (κ1) is 14.5. The van der Waals surface area contributed by atoms with E-state index < -0.39 is 7.92 Å². The molecule has 2 aromatic carbocycles. The normalized spacial score (nSPS) is 10.8. The molecule has 0 amide bonds. The van der Waals surface area contributed by atoms with E-state index in [0.29, 0.717) is 10.2 Å². The van der Waals surface area contributed by atoms with Gasteiger partial charge in [-0.1, -0.05) is 83.9 Å². The highest BCUT2D eigenvalue weighted by Crippen LogP contribution is 2.35. The summed E-state index contributed by atoms with van der Waals surface area (Å²) in [6.45, 7) is 0. The van der Waals surface area contributed by atoms with Gasteiger partial charge in [-0.3, -0.25) is 0 Å². The van der Waals surface area contributed by atoms with Crippen molar-refractivity contribution >= 4 is 47.0 Å². The molecule has 1 aromatic heterocycles. The molecule has 1 heterocycles. The van der Waals surface area contributed by atoms with Gasteiger partial charge in [0.1, 0.15) is 5.15 Å². The molecule has 0 saturated carbocycles. The van der Waals surface area contributed by atoms with Crippen LogP contribution in [0, 0.1) is 0 Å². The molecule has 4 heteroatoms. The first-order chi connectivity index (χ1) is 10.3. The molecule has 0 aliphatic rings. The first-order valence-electron chi connectivity index (χ1n) is 6.47. The number of nitrogens with zero attached hydrogens (tertiary/aromatic N) is 1. The largest absolute Gasteiger partial charge is 0.244 e. The Kier molecular flexibility index (Phi) is 4.55. The Morgan fingerprint density at radius 3 is 1.76 bits per heavy atom. The molecule has 0 aliphatic carbocycles. The summed E-state index contributed by atoms with van der Waals surface area (Å²) in [5.41, 5.74) is 0. The number of aromatic nitrogens is 1. The van der Waals surface area contributed by atoms with Gasteiger partial charge in [0.2, 0.25) is 0 Å². The fraction of sp³-hybridized carbons (Fsp3) is 0. The van der Waals surface area contributed by atoms with Crippen LogP contribution in [0.1, 0.15) is 0 Å². The third-order valence-corrected chi connectivity index (χ3v) is 6.19. The third-order valence-electron chi connectivity index (χ3n) is 3.07. The van der Waals surface area contributed by atoms with Crippen LogP contribution >= 0.6 is 31.1 Å². The molecule has 1 nitrogen and oxygen atoms in total. The predicted molar refractivity (Wildman–Crippen MR) is 93.0 cm³/mol. The molecule has 3 aromatic rings. The van der Waals surface area contributed by atoms with Crippen molar-refractivity contribution in [3.63, 3.8) is 0 Å². The van der Waals surface area contributed by atoms with Crippen LogP contribution < -0.4 is 15.9 Å². The number of hydrogen-bond donors (Lipinski definition) is 0. The van der Waals surface area contributed by atoms with Gasteiger partial charge < -0.3 is 0 Å². The molecule has 0 spiro atoms. The Hall–Kier alpha value is -1.40. The molecule has 0 radical (unpaired) electrons. The molecule has 0 unspecified atom stereocenters. The lowest BCUT2D eigenvalue weighted by atomic mass is 10.4. The lowest BCUT2D eigenvalue weighted by molar-refractivity contribution is 1.35. The Morgan fingerprint density at radius 1 is 0.762 bits per heavy atom. The first-order valence-corrected chi connectivity index (χ1v) is 8.57. The summed E-state index contributed by atoms with van der Waals surface area (Å²) >= 11 is 12.3. The zero-order chi connectivity index (χ0) is 14.7. The van der Waals surface area contributed by atoms with E-state index in [-0.39, 0.29) is 0 Å². The van der Waals surface area contributed by atoms with E-state index in [2.05, 4.69) is 29.2 Å². The van der Waals surface area contributed by atoms with Crippen molar-refractivity contribution in [2.24, 2.45) is 0 Å². The monoisotopic (exact) mass is 331 g/mol. The summed E-state index contributed by atoms with van der Waals surface area (Å²) < 4.78 is 0. The predicted octanol–water partition coefficient (Wildman–Crippen LogP) is 4.15. The molecular weight excluding hydrogens is 320 g/mol. The van der Waals surface area contributed by atoms with Crippen LogP contribution in [0.25, 0.3) is 0 Å². The fourth-order valence-electron chi connectivity index (χ4n) is 2.15. The van der Waals surface area contributed by atoms with Crippen molar-refractivity contribution in [2.75, 3.05) is 0 Å². The highest BCUT2D eigenvalue weighted by atomic mass is 35.5. The molecule has 21 heavy (non-hydrogen) atoms. The van der Waals surface area contributed by atoms with Crippen molar-refractivity contribution < 1.29 is 0 Å². The van der Waals surface area contributed by atoms with Crippen LogP contribution in [0.5, 0.6) is 0 Å². The highest BCUT2D eigenvalue weighted by molar-refractivity contribution is 7.80. The second-order valence-corrected chi connectivity index (χ2v) is 7.44. The third kappa shape index (κ3) is 3.27. The van der Waals surface area contributed by atoms with Crippen LogP contribution in [-0.2, 0) is 0 Å². The van der Waals surface area contributed by atoms with Gasteiger partial charge in [-0.05, 0) is 24.6 Å². The molecule has 0 saturated heterocycles. The summed E-state index contributed by atoms with van der Waals surface area (Å²) in [6.07, 6.45) is 1.79. The minimum atomic E-state index is -0.732. The van der Waals surface area contributed by atoms with E-state index in [1.807, 2.05) is 36.4 Å². The van der Waals surface area contributed by atoms with Gasteiger partial charge in [-0.2, -0.15) is 0 Å². The lowest BCUT2D eigenvalue weighted by Crippen LogP contribution is -2.21. The van der Waals surface area contributed by atoms with Crippen molar-refractivity contribution in [3.05, 3.63) is 83.1 Å². The molecular formula is C17H12Cl2NP. The number of pyridine rings is 1. The minimum Gasteiger partial charge on any atom is -0.244 e. The van der Waals surface area contributed by atoms with Crippen LogP contribution in [0.4, 0.5) is 0 Å². The summed E-state index contributed by atoms with van der Waals surface area (Å²) in [5.74, 6) is 0. The molecule has 0 aliphatic heterocycles. The Bertz CT molecular complexity index is 693.